The Morgan fingerprint density at radius 3 is 3.00 bits per heavy atom. The van der Waals surface area contributed by atoms with Crippen LogP contribution in [0.25, 0.3) is 10.9 Å². The predicted octanol–water partition coefficient (Wildman–Crippen LogP) is 2.42. The Bertz CT molecular complexity index is 763. The molecule has 0 aliphatic rings. The zero-order valence-corrected chi connectivity index (χ0v) is 10.3. The molecule has 6 nitrogen and oxygen atoms in total. The predicted molar refractivity (Wildman–Crippen MR) is 67.3 cm³/mol. The summed E-state index contributed by atoms with van der Waals surface area (Å²) in [5.41, 5.74) is 0.919. The molecule has 0 spiro atoms. The first kappa shape index (κ1) is 11.7. The molecule has 3 rings (SSSR count). The van der Waals surface area contributed by atoms with E-state index in [4.69, 9.17) is 21.2 Å². The Morgan fingerprint density at radius 2 is 2.26 bits per heavy atom. The maximum atomic E-state index is 10.7. The third-order valence-corrected chi connectivity index (χ3v) is 2.94. The van der Waals surface area contributed by atoms with E-state index in [2.05, 4.69) is 10.1 Å². The summed E-state index contributed by atoms with van der Waals surface area (Å²) < 4.78 is 6.74. The molecule has 0 radical (unpaired) electrons. The number of carbonyl (C=O) groups is 1. The fraction of sp³-hybridized carbons (Fsp3) is 0.0833. The van der Waals surface area contributed by atoms with E-state index in [1.54, 1.807) is 0 Å². The Morgan fingerprint density at radius 1 is 1.42 bits per heavy atom. The van der Waals surface area contributed by atoms with E-state index >= 15 is 0 Å². The summed E-state index contributed by atoms with van der Waals surface area (Å²) in [6, 6.07) is 7.47. The van der Waals surface area contributed by atoms with Crippen LogP contribution in [0.1, 0.15) is 16.5 Å². The molecule has 2 aromatic heterocycles. The molecule has 0 saturated carbocycles. The number of fused-ring (bicyclic) bond motifs is 1. The molecule has 0 bridgehead atoms. The fourth-order valence-corrected chi connectivity index (χ4v) is 2.01. The summed E-state index contributed by atoms with van der Waals surface area (Å²) in [5.74, 6) is -1.32. The van der Waals surface area contributed by atoms with Crippen molar-refractivity contribution in [3.05, 3.63) is 47.2 Å². The normalized spacial score (nSPS) is 11.0. The number of hydrogen-bond donors (Lipinski definition) is 1. The maximum absolute atomic E-state index is 10.7. The zero-order valence-electron chi connectivity index (χ0n) is 9.58. The van der Waals surface area contributed by atoms with Crippen LogP contribution in [0.3, 0.4) is 0 Å². The zero-order chi connectivity index (χ0) is 13.4. The molecule has 1 aromatic carbocycles. The van der Waals surface area contributed by atoms with Crippen molar-refractivity contribution >= 4 is 28.5 Å². The van der Waals surface area contributed by atoms with Gasteiger partial charge in [0.25, 0.3) is 5.82 Å². The van der Waals surface area contributed by atoms with Crippen molar-refractivity contribution in [2.75, 3.05) is 0 Å². The van der Waals surface area contributed by atoms with Crippen molar-refractivity contribution in [1.82, 2.24) is 14.7 Å². The van der Waals surface area contributed by atoms with Crippen molar-refractivity contribution in [2.45, 2.75) is 6.54 Å². The van der Waals surface area contributed by atoms with Crippen LogP contribution in [0.2, 0.25) is 5.02 Å². The van der Waals surface area contributed by atoms with Crippen LogP contribution in [0.15, 0.2) is 35.0 Å². The highest BCUT2D eigenvalue weighted by molar-refractivity contribution is 6.31. The van der Waals surface area contributed by atoms with Gasteiger partial charge in [0, 0.05) is 16.7 Å². The Kier molecular flexibility index (Phi) is 2.72. The lowest BCUT2D eigenvalue weighted by Gasteiger charge is -2.01. The molecule has 7 heteroatoms. The number of carboxylic acids is 1. The van der Waals surface area contributed by atoms with Gasteiger partial charge < -0.3 is 14.2 Å². The average Bonchev–Trinajstić information content (AvgIpc) is 2.98. The number of rotatable bonds is 3. The minimum absolute atomic E-state index is 0.231. The molecule has 0 aliphatic carbocycles. The van der Waals surface area contributed by atoms with Crippen molar-refractivity contribution < 1.29 is 14.4 Å². The van der Waals surface area contributed by atoms with E-state index in [9.17, 15) is 4.79 Å². The molecule has 0 saturated heterocycles. The number of nitrogens with zero attached hydrogens (tertiary/aromatic N) is 3. The minimum Gasteiger partial charge on any atom is -0.475 e. The van der Waals surface area contributed by atoms with E-state index in [1.165, 1.54) is 0 Å². The largest absolute Gasteiger partial charge is 0.475 e. The lowest BCUT2D eigenvalue weighted by Crippen LogP contribution is -2.01. The number of carboxylic acid groups (broad SMARTS) is 1. The number of benzene rings is 1. The summed E-state index contributed by atoms with van der Waals surface area (Å²) in [6.07, 6.45) is 1.85. The second kappa shape index (κ2) is 4.40. The first-order valence-corrected chi connectivity index (χ1v) is 5.81. The molecule has 2 heterocycles. The highest BCUT2D eigenvalue weighted by Gasteiger charge is 2.13. The number of aromatic nitrogens is 3. The van der Waals surface area contributed by atoms with Gasteiger partial charge >= 0.3 is 5.97 Å². The van der Waals surface area contributed by atoms with Gasteiger partial charge in [-0.2, -0.15) is 4.98 Å². The molecular formula is C12H8ClN3O3. The lowest BCUT2D eigenvalue weighted by molar-refractivity contribution is 0.0680. The van der Waals surface area contributed by atoms with E-state index in [-0.39, 0.29) is 11.7 Å². The third kappa shape index (κ3) is 2.17. The number of hydrogen-bond acceptors (Lipinski definition) is 4. The quantitative estimate of drug-likeness (QED) is 0.795. The van der Waals surface area contributed by atoms with Crippen LogP contribution >= 0.6 is 11.6 Å². The Balaban J connectivity index is 1.96. The summed E-state index contributed by atoms with van der Waals surface area (Å²) in [4.78, 5) is 14.4. The summed E-state index contributed by atoms with van der Waals surface area (Å²) in [5, 5.41) is 13.8. The highest BCUT2D eigenvalue weighted by Crippen LogP contribution is 2.21. The van der Waals surface area contributed by atoms with E-state index < -0.39 is 5.97 Å². The smallest absolute Gasteiger partial charge is 0.377 e. The second-order valence-corrected chi connectivity index (χ2v) is 4.40. The lowest BCUT2D eigenvalue weighted by atomic mass is 10.2. The third-order valence-electron chi connectivity index (χ3n) is 2.70. The summed E-state index contributed by atoms with van der Waals surface area (Å²) in [7, 11) is 0. The minimum atomic E-state index is -1.21. The van der Waals surface area contributed by atoms with Gasteiger partial charge in [0.2, 0.25) is 5.89 Å². The molecule has 0 atom stereocenters. The van der Waals surface area contributed by atoms with E-state index in [0.29, 0.717) is 11.6 Å². The highest BCUT2D eigenvalue weighted by atomic mass is 35.5. The molecule has 1 N–H and O–H groups in total. The van der Waals surface area contributed by atoms with E-state index in [1.807, 2.05) is 35.0 Å². The number of aromatic carboxylic acids is 1. The molecule has 0 unspecified atom stereocenters. The van der Waals surface area contributed by atoms with Crippen LogP contribution in [-0.4, -0.2) is 25.8 Å². The van der Waals surface area contributed by atoms with Crippen LogP contribution in [0, 0.1) is 0 Å². The van der Waals surface area contributed by atoms with Gasteiger partial charge in [-0.25, -0.2) is 4.79 Å². The van der Waals surface area contributed by atoms with Crippen molar-refractivity contribution in [2.24, 2.45) is 0 Å². The molecule has 0 amide bonds. The standard InChI is InChI=1S/C12H8ClN3O3/c13-8-2-1-7-3-4-16(9(7)5-8)6-10-14-11(12(17)18)15-19-10/h1-5H,6H2,(H,17,18). The molecular weight excluding hydrogens is 270 g/mol. The van der Waals surface area contributed by atoms with Crippen LogP contribution < -0.4 is 0 Å². The Labute approximate surface area is 112 Å². The van der Waals surface area contributed by atoms with Gasteiger partial charge in [-0.05, 0) is 28.7 Å². The first-order valence-electron chi connectivity index (χ1n) is 5.44. The molecule has 0 aliphatic heterocycles. The fourth-order valence-electron chi connectivity index (χ4n) is 1.85. The van der Waals surface area contributed by atoms with Crippen molar-refractivity contribution in [1.29, 1.82) is 0 Å². The topological polar surface area (TPSA) is 81.1 Å². The van der Waals surface area contributed by atoms with Crippen LogP contribution in [0.5, 0.6) is 0 Å². The first-order chi connectivity index (χ1) is 9.13. The van der Waals surface area contributed by atoms with Gasteiger partial charge in [-0.1, -0.05) is 17.7 Å². The van der Waals surface area contributed by atoms with Crippen molar-refractivity contribution in [3.8, 4) is 0 Å². The van der Waals surface area contributed by atoms with Gasteiger partial charge in [-0.15, -0.1) is 0 Å². The monoisotopic (exact) mass is 277 g/mol. The summed E-state index contributed by atoms with van der Waals surface area (Å²) in [6.45, 7) is 0.296. The second-order valence-electron chi connectivity index (χ2n) is 3.96. The number of halogens is 1. The van der Waals surface area contributed by atoms with Gasteiger partial charge in [0.05, 0.1) is 0 Å². The SMILES string of the molecule is O=C(O)c1noc(Cn2ccc3ccc(Cl)cc32)n1. The van der Waals surface area contributed by atoms with E-state index in [0.717, 1.165) is 10.9 Å². The molecule has 96 valence electrons. The van der Waals surface area contributed by atoms with Gasteiger partial charge in [0.1, 0.15) is 6.54 Å². The average molecular weight is 278 g/mol. The molecule has 19 heavy (non-hydrogen) atoms. The maximum Gasteiger partial charge on any atom is 0.377 e. The van der Waals surface area contributed by atoms with Crippen LogP contribution in [0.4, 0.5) is 0 Å². The van der Waals surface area contributed by atoms with Gasteiger partial charge in [-0.3, -0.25) is 0 Å². The van der Waals surface area contributed by atoms with Crippen LogP contribution in [-0.2, 0) is 6.54 Å². The Hall–Kier alpha value is -2.34. The molecule has 0 fully saturated rings. The molecule has 3 aromatic rings. The van der Waals surface area contributed by atoms with Gasteiger partial charge in [0.15, 0.2) is 0 Å². The van der Waals surface area contributed by atoms with Crippen molar-refractivity contribution in [3.63, 3.8) is 0 Å². The summed E-state index contributed by atoms with van der Waals surface area (Å²) >= 11 is 5.95.